The molecule has 0 aliphatic heterocycles. The number of rotatable bonds is 6. The van der Waals surface area contributed by atoms with Crippen LogP contribution in [0.15, 0.2) is 84.9 Å². The lowest BCUT2D eigenvalue weighted by molar-refractivity contribution is -0.384. The van der Waals surface area contributed by atoms with E-state index in [0.717, 1.165) is 11.3 Å². The number of non-ortho nitro benzene ring substituents is 1. The Morgan fingerprint density at radius 2 is 1.56 bits per heavy atom. The highest BCUT2D eigenvalue weighted by molar-refractivity contribution is 5.88. The molecule has 3 rings (SSSR count). The van der Waals surface area contributed by atoms with Crippen molar-refractivity contribution in [3.05, 3.63) is 101 Å². The zero-order valence-electron chi connectivity index (χ0n) is 14.1. The quantitative estimate of drug-likeness (QED) is 0.203. The Bertz CT molecular complexity index is 965. The van der Waals surface area contributed by atoms with Gasteiger partial charge in [0.2, 0.25) is 0 Å². The Morgan fingerprint density at radius 3 is 2.26 bits per heavy atom. The lowest BCUT2D eigenvalue weighted by Crippen LogP contribution is -2.03. The van der Waals surface area contributed by atoms with Crippen molar-refractivity contribution < 1.29 is 19.2 Å². The van der Waals surface area contributed by atoms with Crippen LogP contribution >= 0.6 is 0 Å². The number of esters is 1. The van der Waals surface area contributed by atoms with Gasteiger partial charge in [0.1, 0.15) is 17.2 Å². The van der Waals surface area contributed by atoms with Crippen molar-refractivity contribution in [2.24, 2.45) is 0 Å². The van der Waals surface area contributed by atoms with Gasteiger partial charge in [0.25, 0.3) is 5.69 Å². The molecule has 6 nitrogen and oxygen atoms in total. The maximum atomic E-state index is 11.9. The van der Waals surface area contributed by atoms with Crippen molar-refractivity contribution in [2.45, 2.75) is 0 Å². The Labute approximate surface area is 155 Å². The second kappa shape index (κ2) is 8.44. The second-order valence-electron chi connectivity index (χ2n) is 5.49. The van der Waals surface area contributed by atoms with Crippen molar-refractivity contribution in [3.63, 3.8) is 0 Å². The molecule has 0 amide bonds. The Kier molecular flexibility index (Phi) is 5.59. The molecule has 0 unspecified atom stereocenters. The van der Waals surface area contributed by atoms with Gasteiger partial charge in [-0.1, -0.05) is 30.3 Å². The fraction of sp³-hybridized carbons (Fsp3) is 0. The number of benzene rings is 3. The third-order valence-electron chi connectivity index (χ3n) is 3.51. The molecule has 3 aromatic rings. The van der Waals surface area contributed by atoms with Crippen LogP contribution in [-0.4, -0.2) is 10.9 Å². The maximum Gasteiger partial charge on any atom is 0.336 e. The van der Waals surface area contributed by atoms with Gasteiger partial charge in [-0.25, -0.2) is 4.79 Å². The average molecular weight is 361 g/mol. The van der Waals surface area contributed by atoms with Crippen molar-refractivity contribution in [1.82, 2.24) is 0 Å². The van der Waals surface area contributed by atoms with E-state index >= 15 is 0 Å². The highest BCUT2D eigenvalue weighted by atomic mass is 16.6. The van der Waals surface area contributed by atoms with E-state index in [4.69, 9.17) is 9.47 Å². The first-order valence-electron chi connectivity index (χ1n) is 8.07. The number of hydrogen-bond acceptors (Lipinski definition) is 5. The van der Waals surface area contributed by atoms with Crippen LogP contribution in [0, 0.1) is 10.1 Å². The lowest BCUT2D eigenvalue weighted by Gasteiger charge is -2.06. The van der Waals surface area contributed by atoms with Crippen LogP contribution < -0.4 is 9.47 Å². The lowest BCUT2D eigenvalue weighted by atomic mass is 10.2. The van der Waals surface area contributed by atoms with Crippen molar-refractivity contribution in [1.29, 1.82) is 0 Å². The van der Waals surface area contributed by atoms with Crippen LogP contribution in [0.3, 0.4) is 0 Å². The highest BCUT2D eigenvalue weighted by Gasteiger charge is 2.06. The minimum Gasteiger partial charge on any atom is -0.457 e. The van der Waals surface area contributed by atoms with Gasteiger partial charge in [-0.15, -0.1) is 0 Å². The van der Waals surface area contributed by atoms with Crippen LogP contribution in [0.25, 0.3) is 6.08 Å². The van der Waals surface area contributed by atoms with Gasteiger partial charge in [0.15, 0.2) is 0 Å². The number of ether oxygens (including phenoxy) is 2. The average Bonchev–Trinajstić information content (AvgIpc) is 2.68. The number of hydrogen-bond donors (Lipinski definition) is 0. The summed E-state index contributed by atoms with van der Waals surface area (Å²) in [5.41, 5.74) is 0.699. The van der Waals surface area contributed by atoms with Crippen molar-refractivity contribution in [2.75, 3.05) is 0 Å². The molecule has 3 aromatic carbocycles. The highest BCUT2D eigenvalue weighted by Crippen LogP contribution is 2.22. The minimum atomic E-state index is -0.585. The minimum absolute atomic E-state index is 0.0689. The molecule has 0 aliphatic carbocycles. The van der Waals surface area contributed by atoms with Crippen LogP contribution in [0.1, 0.15) is 5.56 Å². The topological polar surface area (TPSA) is 78.7 Å². The molecule has 0 radical (unpaired) electrons. The number of carbonyl (C=O) groups is 1. The van der Waals surface area contributed by atoms with Gasteiger partial charge in [0.05, 0.1) is 4.92 Å². The summed E-state index contributed by atoms with van der Waals surface area (Å²) in [7, 11) is 0. The summed E-state index contributed by atoms with van der Waals surface area (Å²) in [6, 6.07) is 21.9. The van der Waals surface area contributed by atoms with Gasteiger partial charge in [-0.2, -0.15) is 0 Å². The first kappa shape index (κ1) is 17.9. The monoisotopic (exact) mass is 361 g/mol. The van der Waals surface area contributed by atoms with Crippen LogP contribution in [0.4, 0.5) is 5.69 Å². The smallest absolute Gasteiger partial charge is 0.336 e. The van der Waals surface area contributed by atoms with E-state index in [0.29, 0.717) is 5.75 Å². The SMILES string of the molecule is O=C(/C=C/c1cccc(Oc2ccccc2)c1)Oc1ccc([N+](=O)[O-])cc1. The number of carbonyl (C=O) groups excluding carboxylic acids is 1. The number of nitro groups is 1. The third kappa shape index (κ3) is 5.27. The molecule has 0 N–H and O–H groups in total. The summed E-state index contributed by atoms with van der Waals surface area (Å²) in [5, 5.41) is 10.6. The molecular formula is C21H15NO5. The standard InChI is InChI=1S/C21H15NO5/c23-21(27-19-12-10-17(11-13-19)22(24)25)14-9-16-5-4-8-20(15-16)26-18-6-2-1-3-7-18/h1-15H/b14-9+. The molecule has 0 saturated heterocycles. The summed E-state index contributed by atoms with van der Waals surface area (Å²) in [5.74, 6) is 1.01. The van der Waals surface area contributed by atoms with E-state index in [9.17, 15) is 14.9 Å². The van der Waals surface area contributed by atoms with Gasteiger partial charge < -0.3 is 9.47 Å². The zero-order chi connectivity index (χ0) is 19.1. The zero-order valence-corrected chi connectivity index (χ0v) is 14.1. The van der Waals surface area contributed by atoms with E-state index in [1.807, 2.05) is 48.5 Å². The van der Waals surface area contributed by atoms with Crippen molar-refractivity contribution >= 4 is 17.7 Å². The van der Waals surface area contributed by atoms with Crippen LogP contribution in [0.5, 0.6) is 17.2 Å². The van der Waals surface area contributed by atoms with Gasteiger partial charge >= 0.3 is 5.97 Å². The Morgan fingerprint density at radius 1 is 0.852 bits per heavy atom. The molecule has 134 valence electrons. The molecular weight excluding hydrogens is 346 g/mol. The van der Waals surface area contributed by atoms with E-state index in [1.54, 1.807) is 12.1 Å². The van der Waals surface area contributed by atoms with Gasteiger partial charge in [0, 0.05) is 18.2 Å². The second-order valence-corrected chi connectivity index (χ2v) is 5.49. The summed E-state index contributed by atoms with van der Waals surface area (Å²) in [6.45, 7) is 0. The van der Waals surface area contributed by atoms with Crippen LogP contribution in [-0.2, 0) is 4.79 Å². The molecule has 0 aromatic heterocycles. The van der Waals surface area contributed by atoms with Gasteiger partial charge in [-0.3, -0.25) is 10.1 Å². The largest absolute Gasteiger partial charge is 0.457 e. The predicted octanol–water partition coefficient (Wildman–Crippen LogP) is 5.01. The van der Waals surface area contributed by atoms with Crippen molar-refractivity contribution in [3.8, 4) is 17.2 Å². The molecule has 0 heterocycles. The molecule has 0 bridgehead atoms. The molecule has 0 saturated carbocycles. The molecule has 0 fully saturated rings. The maximum absolute atomic E-state index is 11.9. The predicted molar refractivity (Wildman–Crippen MR) is 101 cm³/mol. The fourth-order valence-corrected chi connectivity index (χ4v) is 2.26. The first-order valence-corrected chi connectivity index (χ1v) is 8.07. The normalized spacial score (nSPS) is 10.5. The first-order chi connectivity index (χ1) is 13.1. The van der Waals surface area contributed by atoms with E-state index < -0.39 is 10.9 Å². The number of nitro benzene ring substituents is 1. The summed E-state index contributed by atoms with van der Waals surface area (Å²) >= 11 is 0. The Balaban J connectivity index is 1.62. The van der Waals surface area contributed by atoms with Gasteiger partial charge in [-0.05, 0) is 48.0 Å². The van der Waals surface area contributed by atoms with E-state index in [1.165, 1.54) is 30.3 Å². The summed E-state index contributed by atoms with van der Waals surface area (Å²) < 4.78 is 10.9. The summed E-state index contributed by atoms with van der Waals surface area (Å²) in [4.78, 5) is 22.0. The van der Waals surface area contributed by atoms with E-state index in [-0.39, 0.29) is 11.4 Å². The molecule has 6 heteroatoms. The fourth-order valence-electron chi connectivity index (χ4n) is 2.26. The number of nitrogens with zero attached hydrogens (tertiary/aromatic N) is 1. The Hall–Kier alpha value is -3.93. The molecule has 0 spiro atoms. The molecule has 27 heavy (non-hydrogen) atoms. The molecule has 0 atom stereocenters. The number of para-hydroxylation sites is 1. The third-order valence-corrected chi connectivity index (χ3v) is 3.51. The summed E-state index contributed by atoms with van der Waals surface area (Å²) in [6.07, 6.45) is 2.88. The van der Waals surface area contributed by atoms with Crippen LogP contribution in [0.2, 0.25) is 0 Å². The van der Waals surface area contributed by atoms with E-state index in [2.05, 4.69) is 0 Å². The molecule has 0 aliphatic rings.